The summed E-state index contributed by atoms with van der Waals surface area (Å²) >= 11 is 0. The summed E-state index contributed by atoms with van der Waals surface area (Å²) < 4.78 is 26.8. The predicted molar refractivity (Wildman–Crippen MR) is 78.2 cm³/mol. The van der Waals surface area contributed by atoms with E-state index < -0.39 is 28.0 Å². The standard InChI is InChI=1S/C14H20N2O4S/c17-14(18)12-3-1-2-4-13(12)16-21(19,20)10-7-11-5-8-15-9-6-11/h5-6,8-9,12-13,16H,1-4,7,10H2,(H,17,18). The Labute approximate surface area is 124 Å². The number of hydrogen-bond donors (Lipinski definition) is 2. The molecule has 1 saturated carbocycles. The summed E-state index contributed by atoms with van der Waals surface area (Å²) in [4.78, 5) is 15.1. The summed E-state index contributed by atoms with van der Waals surface area (Å²) in [6, 6.07) is 3.06. The molecule has 1 aromatic heterocycles. The summed E-state index contributed by atoms with van der Waals surface area (Å²) in [7, 11) is -3.48. The number of aryl methyl sites for hydroxylation is 1. The molecule has 1 heterocycles. The van der Waals surface area contributed by atoms with Crippen LogP contribution in [-0.2, 0) is 21.2 Å². The quantitative estimate of drug-likeness (QED) is 0.822. The molecule has 21 heavy (non-hydrogen) atoms. The molecule has 1 aromatic rings. The third-order valence-electron chi connectivity index (χ3n) is 3.82. The molecule has 2 atom stereocenters. The van der Waals surface area contributed by atoms with Crippen molar-refractivity contribution in [3.05, 3.63) is 30.1 Å². The lowest BCUT2D eigenvalue weighted by Gasteiger charge is -2.29. The van der Waals surface area contributed by atoms with Crippen LogP contribution < -0.4 is 4.72 Å². The molecule has 0 aromatic carbocycles. The number of carboxylic acid groups (broad SMARTS) is 1. The third-order valence-corrected chi connectivity index (χ3v) is 5.23. The van der Waals surface area contributed by atoms with Crippen molar-refractivity contribution >= 4 is 16.0 Å². The van der Waals surface area contributed by atoms with Gasteiger partial charge in [-0.3, -0.25) is 9.78 Å². The van der Waals surface area contributed by atoms with Crippen LogP contribution in [0.25, 0.3) is 0 Å². The monoisotopic (exact) mass is 312 g/mol. The van der Waals surface area contributed by atoms with E-state index in [1.54, 1.807) is 24.5 Å². The molecule has 2 N–H and O–H groups in total. The van der Waals surface area contributed by atoms with Gasteiger partial charge in [0.15, 0.2) is 0 Å². The largest absolute Gasteiger partial charge is 0.481 e. The molecule has 116 valence electrons. The second-order valence-electron chi connectivity index (χ2n) is 5.38. The van der Waals surface area contributed by atoms with E-state index in [4.69, 9.17) is 0 Å². The molecule has 6 nitrogen and oxygen atoms in total. The maximum atomic E-state index is 12.1. The minimum atomic E-state index is -3.48. The van der Waals surface area contributed by atoms with Gasteiger partial charge in [0, 0.05) is 18.4 Å². The summed E-state index contributed by atoms with van der Waals surface area (Å²) in [5.41, 5.74) is 0.897. The number of aliphatic carboxylic acids is 1. The fourth-order valence-corrected chi connectivity index (χ4v) is 4.02. The maximum Gasteiger partial charge on any atom is 0.308 e. The van der Waals surface area contributed by atoms with Crippen molar-refractivity contribution in [3.8, 4) is 0 Å². The second kappa shape index (κ2) is 7.00. The molecule has 2 unspecified atom stereocenters. The molecule has 0 radical (unpaired) electrons. The van der Waals surface area contributed by atoms with Crippen LogP contribution in [0.3, 0.4) is 0 Å². The van der Waals surface area contributed by atoms with Gasteiger partial charge in [0.05, 0.1) is 11.7 Å². The number of carbonyl (C=O) groups is 1. The Kier molecular flexibility index (Phi) is 5.30. The predicted octanol–water partition coefficient (Wildman–Crippen LogP) is 1.19. The Morgan fingerprint density at radius 1 is 1.29 bits per heavy atom. The Morgan fingerprint density at radius 2 is 1.95 bits per heavy atom. The number of hydrogen-bond acceptors (Lipinski definition) is 4. The fourth-order valence-electron chi connectivity index (χ4n) is 2.66. The van der Waals surface area contributed by atoms with Crippen LogP contribution >= 0.6 is 0 Å². The first-order valence-corrected chi connectivity index (χ1v) is 8.75. The number of rotatable bonds is 6. The van der Waals surface area contributed by atoms with E-state index in [1.807, 2.05) is 0 Å². The minimum absolute atomic E-state index is 0.0418. The van der Waals surface area contributed by atoms with Crippen LogP contribution in [0.2, 0.25) is 0 Å². The van der Waals surface area contributed by atoms with Gasteiger partial charge in [0.2, 0.25) is 10.0 Å². The van der Waals surface area contributed by atoms with E-state index in [0.717, 1.165) is 18.4 Å². The first-order valence-electron chi connectivity index (χ1n) is 7.10. The van der Waals surface area contributed by atoms with E-state index >= 15 is 0 Å². The van der Waals surface area contributed by atoms with Crippen LogP contribution in [0, 0.1) is 5.92 Å². The molecule has 1 aliphatic carbocycles. The summed E-state index contributed by atoms with van der Waals surface area (Å²) in [5, 5.41) is 9.17. The number of pyridine rings is 1. The average molecular weight is 312 g/mol. The second-order valence-corrected chi connectivity index (χ2v) is 7.25. The number of nitrogens with zero attached hydrogens (tertiary/aromatic N) is 1. The molecule has 0 aliphatic heterocycles. The zero-order chi connectivity index (χ0) is 15.3. The number of aromatic nitrogens is 1. The van der Waals surface area contributed by atoms with E-state index in [1.165, 1.54) is 0 Å². The minimum Gasteiger partial charge on any atom is -0.481 e. The van der Waals surface area contributed by atoms with Crippen LogP contribution in [0.1, 0.15) is 31.2 Å². The number of sulfonamides is 1. The number of carboxylic acids is 1. The fraction of sp³-hybridized carbons (Fsp3) is 0.571. The van der Waals surface area contributed by atoms with Gasteiger partial charge in [-0.25, -0.2) is 13.1 Å². The summed E-state index contributed by atoms with van der Waals surface area (Å²) in [5.74, 6) is -1.58. The van der Waals surface area contributed by atoms with E-state index in [-0.39, 0.29) is 5.75 Å². The molecule has 1 fully saturated rings. The third kappa shape index (κ3) is 4.78. The van der Waals surface area contributed by atoms with E-state index in [9.17, 15) is 18.3 Å². The topological polar surface area (TPSA) is 96.4 Å². The summed E-state index contributed by atoms with van der Waals surface area (Å²) in [6.45, 7) is 0. The van der Waals surface area contributed by atoms with Crippen molar-refractivity contribution < 1.29 is 18.3 Å². The Morgan fingerprint density at radius 3 is 2.62 bits per heavy atom. The van der Waals surface area contributed by atoms with Gasteiger partial charge < -0.3 is 5.11 Å². The maximum absolute atomic E-state index is 12.1. The lowest BCUT2D eigenvalue weighted by Crippen LogP contribution is -2.45. The first-order chi connectivity index (χ1) is 9.98. The van der Waals surface area contributed by atoms with Crippen molar-refractivity contribution in [2.75, 3.05) is 5.75 Å². The molecule has 7 heteroatoms. The van der Waals surface area contributed by atoms with Gasteiger partial charge in [0.25, 0.3) is 0 Å². The lowest BCUT2D eigenvalue weighted by atomic mass is 9.85. The number of nitrogens with one attached hydrogen (secondary N) is 1. The van der Waals surface area contributed by atoms with Crippen LogP contribution in [0.4, 0.5) is 0 Å². The van der Waals surface area contributed by atoms with Gasteiger partial charge in [-0.05, 0) is 37.0 Å². The summed E-state index contributed by atoms with van der Waals surface area (Å²) in [6.07, 6.45) is 6.46. The van der Waals surface area contributed by atoms with Crippen LogP contribution in [0.5, 0.6) is 0 Å². The molecule has 1 aliphatic rings. The molecular weight excluding hydrogens is 292 g/mol. The van der Waals surface area contributed by atoms with Crippen LogP contribution in [0.15, 0.2) is 24.5 Å². The Hall–Kier alpha value is -1.47. The average Bonchev–Trinajstić information content (AvgIpc) is 2.46. The molecular formula is C14H20N2O4S. The Balaban J connectivity index is 1.94. The van der Waals surface area contributed by atoms with Crippen molar-refractivity contribution in [1.82, 2.24) is 9.71 Å². The van der Waals surface area contributed by atoms with Crippen molar-refractivity contribution in [1.29, 1.82) is 0 Å². The van der Waals surface area contributed by atoms with Crippen LogP contribution in [-0.4, -0.2) is 36.3 Å². The highest BCUT2D eigenvalue weighted by Crippen LogP contribution is 2.25. The van der Waals surface area contributed by atoms with E-state index in [0.29, 0.717) is 19.3 Å². The van der Waals surface area contributed by atoms with Crippen molar-refractivity contribution in [2.24, 2.45) is 5.92 Å². The Bertz CT molecular complexity index is 574. The van der Waals surface area contributed by atoms with Crippen molar-refractivity contribution in [2.45, 2.75) is 38.1 Å². The molecule has 0 bridgehead atoms. The lowest BCUT2D eigenvalue weighted by molar-refractivity contribution is -0.143. The SMILES string of the molecule is O=C(O)C1CCCCC1NS(=O)(=O)CCc1ccncc1. The first kappa shape index (κ1) is 15.9. The zero-order valence-electron chi connectivity index (χ0n) is 11.7. The van der Waals surface area contributed by atoms with Crippen molar-refractivity contribution in [3.63, 3.8) is 0 Å². The van der Waals surface area contributed by atoms with Gasteiger partial charge in [-0.15, -0.1) is 0 Å². The zero-order valence-corrected chi connectivity index (χ0v) is 12.6. The van der Waals surface area contributed by atoms with Gasteiger partial charge in [0.1, 0.15) is 0 Å². The molecule has 0 saturated heterocycles. The highest BCUT2D eigenvalue weighted by atomic mass is 32.2. The molecule has 2 rings (SSSR count). The van der Waals surface area contributed by atoms with E-state index in [2.05, 4.69) is 9.71 Å². The molecule has 0 spiro atoms. The van der Waals surface area contributed by atoms with Gasteiger partial charge in [-0.1, -0.05) is 12.8 Å². The normalized spacial score (nSPS) is 22.9. The highest BCUT2D eigenvalue weighted by molar-refractivity contribution is 7.89. The van der Waals surface area contributed by atoms with Gasteiger partial charge in [-0.2, -0.15) is 0 Å². The molecule has 0 amide bonds. The smallest absolute Gasteiger partial charge is 0.308 e. The van der Waals surface area contributed by atoms with Gasteiger partial charge >= 0.3 is 5.97 Å². The highest BCUT2D eigenvalue weighted by Gasteiger charge is 2.33.